The highest BCUT2D eigenvalue weighted by Gasteiger charge is 2.38. The van der Waals surface area contributed by atoms with Crippen molar-refractivity contribution >= 4 is 5.91 Å². The van der Waals surface area contributed by atoms with Gasteiger partial charge in [0.1, 0.15) is 0 Å². The summed E-state index contributed by atoms with van der Waals surface area (Å²) in [6, 6.07) is 0.480. The van der Waals surface area contributed by atoms with E-state index in [0.717, 1.165) is 32.2 Å². The van der Waals surface area contributed by atoms with Gasteiger partial charge in [-0.1, -0.05) is 12.8 Å². The van der Waals surface area contributed by atoms with Crippen LogP contribution in [0.2, 0.25) is 0 Å². The molecule has 0 heterocycles. The number of hydrogen-bond acceptors (Lipinski definition) is 3. The third kappa shape index (κ3) is 3.23. The van der Waals surface area contributed by atoms with Gasteiger partial charge in [0.15, 0.2) is 0 Å². The molecule has 2 N–H and O–H groups in total. The Morgan fingerprint density at radius 1 is 1.28 bits per heavy atom. The summed E-state index contributed by atoms with van der Waals surface area (Å²) >= 11 is 0. The predicted molar refractivity (Wildman–Crippen MR) is 71.1 cm³/mol. The second kappa shape index (κ2) is 6.53. The first-order valence-corrected chi connectivity index (χ1v) is 7.27. The molecule has 0 bridgehead atoms. The summed E-state index contributed by atoms with van der Waals surface area (Å²) in [5.74, 6) is 0.904. The quantitative estimate of drug-likeness (QED) is 0.779. The number of ether oxygens (including phenoxy) is 1. The van der Waals surface area contributed by atoms with E-state index in [0.29, 0.717) is 31.0 Å². The highest BCUT2D eigenvalue weighted by Crippen LogP contribution is 2.34. The molecule has 18 heavy (non-hydrogen) atoms. The molecule has 2 saturated carbocycles. The molecular formula is C14H26N2O2. The molecule has 0 aromatic rings. The lowest BCUT2D eigenvalue weighted by molar-refractivity contribution is -0.139. The van der Waals surface area contributed by atoms with E-state index < -0.39 is 0 Å². The van der Waals surface area contributed by atoms with Crippen LogP contribution in [0.5, 0.6) is 0 Å². The number of carbonyl (C=O) groups excluding carboxylic acids is 1. The number of methoxy groups -OCH3 is 1. The molecule has 0 radical (unpaired) electrons. The molecule has 2 aliphatic carbocycles. The average Bonchev–Trinajstić information content (AvgIpc) is 3.23. The summed E-state index contributed by atoms with van der Waals surface area (Å²) in [6.45, 7) is 2.04. The average molecular weight is 254 g/mol. The maximum Gasteiger partial charge on any atom is 0.226 e. The van der Waals surface area contributed by atoms with E-state index in [1.54, 1.807) is 7.11 Å². The summed E-state index contributed by atoms with van der Waals surface area (Å²) in [7, 11) is 1.69. The van der Waals surface area contributed by atoms with Crippen LogP contribution in [0.25, 0.3) is 0 Å². The van der Waals surface area contributed by atoms with Gasteiger partial charge in [-0.15, -0.1) is 0 Å². The maximum atomic E-state index is 12.7. The molecule has 4 nitrogen and oxygen atoms in total. The van der Waals surface area contributed by atoms with Crippen molar-refractivity contribution in [3.05, 3.63) is 0 Å². The molecule has 4 heteroatoms. The van der Waals surface area contributed by atoms with Crippen LogP contribution in [0.1, 0.15) is 38.5 Å². The lowest BCUT2D eigenvalue weighted by atomic mass is 9.78. The maximum absolute atomic E-state index is 12.7. The van der Waals surface area contributed by atoms with Crippen molar-refractivity contribution in [3.8, 4) is 0 Å². The Morgan fingerprint density at radius 3 is 2.61 bits per heavy atom. The van der Waals surface area contributed by atoms with Gasteiger partial charge >= 0.3 is 0 Å². The number of carbonyl (C=O) groups is 1. The monoisotopic (exact) mass is 254 g/mol. The van der Waals surface area contributed by atoms with Crippen LogP contribution in [-0.4, -0.2) is 43.7 Å². The number of nitrogens with two attached hydrogens (primary N) is 1. The van der Waals surface area contributed by atoms with Crippen molar-refractivity contribution in [1.29, 1.82) is 0 Å². The fraction of sp³-hybridized carbons (Fsp3) is 0.929. The number of hydrogen-bond donors (Lipinski definition) is 1. The van der Waals surface area contributed by atoms with E-state index in [2.05, 4.69) is 4.90 Å². The Labute approximate surface area is 110 Å². The fourth-order valence-corrected chi connectivity index (χ4v) is 3.08. The SMILES string of the molecule is COCCN(C(=O)C1CCCCC1CN)C1CC1. The second-order valence-corrected chi connectivity index (χ2v) is 5.64. The summed E-state index contributed by atoms with van der Waals surface area (Å²) in [5.41, 5.74) is 5.83. The van der Waals surface area contributed by atoms with Crippen LogP contribution >= 0.6 is 0 Å². The van der Waals surface area contributed by atoms with E-state index in [1.165, 1.54) is 12.8 Å². The van der Waals surface area contributed by atoms with Gasteiger partial charge in [-0.2, -0.15) is 0 Å². The topological polar surface area (TPSA) is 55.6 Å². The Balaban J connectivity index is 1.97. The zero-order chi connectivity index (χ0) is 13.0. The lowest BCUT2D eigenvalue weighted by Crippen LogP contribution is -2.44. The molecule has 0 aromatic carbocycles. The van der Waals surface area contributed by atoms with Crippen molar-refractivity contribution in [3.63, 3.8) is 0 Å². The number of rotatable bonds is 6. The van der Waals surface area contributed by atoms with Crippen LogP contribution in [0.3, 0.4) is 0 Å². The van der Waals surface area contributed by atoms with Crippen molar-refractivity contribution in [2.75, 3.05) is 26.8 Å². The molecule has 2 atom stereocenters. The van der Waals surface area contributed by atoms with Gasteiger partial charge in [-0.05, 0) is 38.1 Å². The fourth-order valence-electron chi connectivity index (χ4n) is 3.08. The van der Waals surface area contributed by atoms with Crippen LogP contribution in [-0.2, 0) is 9.53 Å². The minimum Gasteiger partial charge on any atom is -0.383 e. The minimum absolute atomic E-state index is 0.168. The Morgan fingerprint density at radius 2 is 2.00 bits per heavy atom. The number of nitrogens with zero attached hydrogens (tertiary/aromatic N) is 1. The Kier molecular flexibility index (Phi) is 5.01. The number of amides is 1. The highest BCUT2D eigenvalue weighted by atomic mass is 16.5. The smallest absolute Gasteiger partial charge is 0.226 e. The van der Waals surface area contributed by atoms with E-state index >= 15 is 0 Å². The molecule has 2 unspecified atom stereocenters. The van der Waals surface area contributed by atoms with E-state index in [4.69, 9.17) is 10.5 Å². The Hall–Kier alpha value is -0.610. The van der Waals surface area contributed by atoms with Gasteiger partial charge in [-0.3, -0.25) is 4.79 Å². The largest absolute Gasteiger partial charge is 0.383 e. The van der Waals surface area contributed by atoms with Crippen molar-refractivity contribution in [2.24, 2.45) is 17.6 Å². The summed E-state index contributed by atoms with van der Waals surface area (Å²) < 4.78 is 5.12. The zero-order valence-electron chi connectivity index (χ0n) is 11.4. The van der Waals surface area contributed by atoms with Gasteiger partial charge in [0.2, 0.25) is 5.91 Å². The van der Waals surface area contributed by atoms with Gasteiger partial charge in [0, 0.05) is 25.6 Å². The molecular weight excluding hydrogens is 228 g/mol. The predicted octanol–water partition coefficient (Wildman–Crippen LogP) is 1.39. The molecule has 2 fully saturated rings. The van der Waals surface area contributed by atoms with E-state index in [1.807, 2.05) is 0 Å². The minimum atomic E-state index is 0.168. The molecule has 2 rings (SSSR count). The third-order valence-electron chi connectivity index (χ3n) is 4.34. The Bertz CT molecular complexity index is 279. The summed E-state index contributed by atoms with van der Waals surface area (Å²) in [5, 5.41) is 0. The first-order valence-electron chi connectivity index (χ1n) is 7.27. The lowest BCUT2D eigenvalue weighted by Gasteiger charge is -2.34. The second-order valence-electron chi connectivity index (χ2n) is 5.64. The zero-order valence-corrected chi connectivity index (χ0v) is 11.4. The molecule has 0 aliphatic heterocycles. The molecule has 2 aliphatic rings. The normalized spacial score (nSPS) is 28.1. The van der Waals surface area contributed by atoms with E-state index in [9.17, 15) is 4.79 Å². The molecule has 0 spiro atoms. The van der Waals surface area contributed by atoms with Crippen LogP contribution in [0.15, 0.2) is 0 Å². The first-order chi connectivity index (χ1) is 8.77. The summed E-state index contributed by atoms with van der Waals surface area (Å²) in [6.07, 6.45) is 6.88. The molecule has 104 valence electrons. The van der Waals surface area contributed by atoms with Crippen LogP contribution < -0.4 is 5.73 Å². The summed E-state index contributed by atoms with van der Waals surface area (Å²) in [4.78, 5) is 14.7. The molecule has 0 saturated heterocycles. The van der Waals surface area contributed by atoms with Gasteiger partial charge in [0.05, 0.1) is 6.61 Å². The highest BCUT2D eigenvalue weighted by molar-refractivity contribution is 5.80. The van der Waals surface area contributed by atoms with Crippen molar-refractivity contribution in [1.82, 2.24) is 4.90 Å². The first kappa shape index (κ1) is 13.8. The molecule has 0 aromatic heterocycles. The van der Waals surface area contributed by atoms with E-state index in [-0.39, 0.29) is 5.92 Å². The van der Waals surface area contributed by atoms with Gasteiger partial charge in [-0.25, -0.2) is 0 Å². The third-order valence-corrected chi connectivity index (χ3v) is 4.34. The van der Waals surface area contributed by atoms with Crippen LogP contribution in [0, 0.1) is 11.8 Å². The van der Waals surface area contributed by atoms with Gasteiger partial charge in [0.25, 0.3) is 0 Å². The standard InChI is InChI=1S/C14H26N2O2/c1-18-9-8-16(12-6-7-12)14(17)13-5-3-2-4-11(13)10-15/h11-13H,2-10,15H2,1H3. The molecule has 1 amide bonds. The van der Waals surface area contributed by atoms with Crippen molar-refractivity contribution in [2.45, 2.75) is 44.6 Å². The van der Waals surface area contributed by atoms with Crippen LogP contribution in [0.4, 0.5) is 0 Å². The van der Waals surface area contributed by atoms with Gasteiger partial charge < -0.3 is 15.4 Å². The van der Waals surface area contributed by atoms with Crippen molar-refractivity contribution < 1.29 is 9.53 Å².